The summed E-state index contributed by atoms with van der Waals surface area (Å²) in [5.74, 6) is -0.708. The fourth-order valence-electron chi connectivity index (χ4n) is 3.07. The van der Waals surface area contributed by atoms with E-state index in [-0.39, 0.29) is 31.6 Å². The van der Waals surface area contributed by atoms with Crippen LogP contribution in [-0.4, -0.2) is 41.9 Å². The van der Waals surface area contributed by atoms with Gasteiger partial charge in [0.2, 0.25) is 5.91 Å². The molecule has 180 valence electrons. The molecule has 0 saturated heterocycles. The molecule has 0 fully saturated rings. The lowest BCUT2D eigenvalue weighted by atomic mass is 10.0. The molecule has 1 aliphatic rings. The van der Waals surface area contributed by atoms with Crippen LogP contribution >= 0.6 is 11.8 Å². The second-order valence-electron chi connectivity index (χ2n) is 7.02. The third-order valence-corrected chi connectivity index (χ3v) is 5.59. The van der Waals surface area contributed by atoms with Crippen molar-refractivity contribution < 1.29 is 40.7 Å². The van der Waals surface area contributed by atoms with Gasteiger partial charge in [0.15, 0.2) is 0 Å². The molecule has 0 bridgehead atoms. The number of fused-ring (bicyclic) bond motifs is 1. The van der Waals surface area contributed by atoms with Crippen molar-refractivity contribution in [1.29, 1.82) is 0 Å². The minimum absolute atomic E-state index is 0.0489. The zero-order valence-electron chi connectivity index (χ0n) is 17.1. The Morgan fingerprint density at radius 2 is 1.73 bits per heavy atom. The van der Waals surface area contributed by atoms with Crippen molar-refractivity contribution in [1.82, 2.24) is 15.1 Å². The second-order valence-corrected chi connectivity index (χ2v) is 8.00. The first-order valence-corrected chi connectivity index (χ1v) is 10.6. The smallest absolute Gasteiger partial charge is 0.383 e. The van der Waals surface area contributed by atoms with Gasteiger partial charge in [-0.1, -0.05) is 0 Å². The quantitative estimate of drug-likeness (QED) is 0.451. The van der Waals surface area contributed by atoms with E-state index in [9.17, 15) is 35.9 Å². The second kappa shape index (κ2) is 9.63. The van der Waals surface area contributed by atoms with Crippen molar-refractivity contribution in [3.63, 3.8) is 0 Å². The SMILES string of the molecule is COCCNC(=O)Cn1nc2c(c1NC(=O)c1cc(C(F)(F)F)cc(C(F)(F)F)c1)CSC2. The van der Waals surface area contributed by atoms with E-state index >= 15 is 0 Å². The number of nitrogens with zero attached hydrogens (tertiary/aromatic N) is 2. The van der Waals surface area contributed by atoms with Crippen LogP contribution < -0.4 is 10.6 Å². The predicted molar refractivity (Wildman–Crippen MR) is 107 cm³/mol. The molecular formula is C19H18F6N4O3S. The van der Waals surface area contributed by atoms with Gasteiger partial charge in [-0.25, -0.2) is 4.68 Å². The number of aromatic nitrogens is 2. The third-order valence-electron chi connectivity index (χ3n) is 4.62. The number of thioether (sulfide) groups is 1. The number of alkyl halides is 6. The van der Waals surface area contributed by atoms with Crippen LogP contribution in [0.1, 0.15) is 32.7 Å². The van der Waals surface area contributed by atoms with Gasteiger partial charge in [-0.15, -0.1) is 0 Å². The van der Waals surface area contributed by atoms with Crippen molar-refractivity contribution in [2.24, 2.45) is 0 Å². The highest BCUT2D eigenvalue weighted by molar-refractivity contribution is 7.98. The van der Waals surface area contributed by atoms with E-state index < -0.39 is 40.9 Å². The zero-order chi connectivity index (χ0) is 24.4. The number of carbonyl (C=O) groups excluding carboxylic acids is 2. The van der Waals surface area contributed by atoms with Crippen LogP contribution in [0.2, 0.25) is 0 Å². The number of carbonyl (C=O) groups is 2. The van der Waals surface area contributed by atoms with E-state index in [0.29, 0.717) is 34.9 Å². The van der Waals surface area contributed by atoms with Gasteiger partial charge in [0, 0.05) is 36.3 Å². The summed E-state index contributed by atoms with van der Waals surface area (Å²) in [6, 6.07) is 0.634. The monoisotopic (exact) mass is 496 g/mol. The maximum absolute atomic E-state index is 13.1. The highest BCUT2D eigenvalue weighted by Gasteiger charge is 2.37. The van der Waals surface area contributed by atoms with Crippen LogP contribution in [0.25, 0.3) is 0 Å². The molecule has 14 heteroatoms. The molecule has 2 aromatic rings. The van der Waals surface area contributed by atoms with Gasteiger partial charge in [0.25, 0.3) is 5.91 Å². The molecule has 0 atom stereocenters. The van der Waals surface area contributed by atoms with Gasteiger partial charge in [-0.2, -0.15) is 43.2 Å². The first-order chi connectivity index (χ1) is 15.4. The van der Waals surface area contributed by atoms with Gasteiger partial charge in [-0.3, -0.25) is 9.59 Å². The molecule has 2 amide bonds. The topological polar surface area (TPSA) is 85.2 Å². The average molecular weight is 496 g/mol. The van der Waals surface area contributed by atoms with E-state index in [1.165, 1.54) is 23.6 Å². The highest BCUT2D eigenvalue weighted by Crippen LogP contribution is 2.37. The summed E-state index contributed by atoms with van der Waals surface area (Å²) < 4.78 is 84.7. The highest BCUT2D eigenvalue weighted by atomic mass is 32.2. The number of ether oxygens (including phenoxy) is 1. The third kappa shape index (κ3) is 5.99. The van der Waals surface area contributed by atoms with Gasteiger partial charge >= 0.3 is 12.4 Å². The van der Waals surface area contributed by atoms with Crippen LogP contribution in [0, 0.1) is 0 Å². The number of hydrogen-bond donors (Lipinski definition) is 2. The Morgan fingerprint density at radius 1 is 1.09 bits per heavy atom. The number of amides is 2. The lowest BCUT2D eigenvalue weighted by Gasteiger charge is -2.15. The number of anilines is 1. The number of methoxy groups -OCH3 is 1. The Balaban J connectivity index is 1.91. The fourth-order valence-corrected chi connectivity index (χ4v) is 4.11. The Labute approximate surface area is 187 Å². The van der Waals surface area contributed by atoms with E-state index in [2.05, 4.69) is 15.7 Å². The molecule has 1 aromatic carbocycles. The molecule has 0 radical (unpaired) electrons. The van der Waals surface area contributed by atoms with Crippen molar-refractivity contribution in [3.8, 4) is 0 Å². The van der Waals surface area contributed by atoms with Crippen molar-refractivity contribution >= 4 is 29.4 Å². The van der Waals surface area contributed by atoms with E-state index in [0.717, 1.165) is 0 Å². The molecule has 2 N–H and O–H groups in total. The summed E-state index contributed by atoms with van der Waals surface area (Å²) in [7, 11) is 1.45. The van der Waals surface area contributed by atoms with Crippen LogP contribution in [-0.2, 0) is 39.9 Å². The van der Waals surface area contributed by atoms with Crippen LogP contribution in [0.5, 0.6) is 0 Å². The molecular weight excluding hydrogens is 478 g/mol. The van der Waals surface area contributed by atoms with Gasteiger partial charge in [0.1, 0.15) is 12.4 Å². The van der Waals surface area contributed by atoms with Crippen molar-refractivity contribution in [3.05, 3.63) is 46.1 Å². The van der Waals surface area contributed by atoms with Crippen LogP contribution in [0.3, 0.4) is 0 Å². The standard InChI is InChI=1S/C19H18F6N4O3S/c1-32-3-2-26-15(30)7-29-16(13-8-33-9-14(13)28-29)27-17(31)10-4-11(18(20,21)22)6-12(5-10)19(23,24)25/h4-6H,2-3,7-9H2,1H3,(H,26,30)(H,27,31). The largest absolute Gasteiger partial charge is 0.416 e. The van der Waals surface area contributed by atoms with E-state index in [4.69, 9.17) is 4.74 Å². The average Bonchev–Trinajstić information content (AvgIpc) is 3.29. The molecule has 1 aromatic heterocycles. The Morgan fingerprint density at radius 3 is 2.30 bits per heavy atom. The van der Waals surface area contributed by atoms with E-state index in [1.807, 2.05) is 0 Å². The van der Waals surface area contributed by atoms with Gasteiger partial charge < -0.3 is 15.4 Å². The summed E-state index contributed by atoms with van der Waals surface area (Å²) in [6.07, 6.45) is -10.2. The molecule has 3 rings (SSSR count). The molecule has 0 saturated carbocycles. The molecule has 0 aliphatic carbocycles. The van der Waals surface area contributed by atoms with Crippen LogP contribution in [0.15, 0.2) is 18.2 Å². The summed E-state index contributed by atoms with van der Waals surface area (Å²) >= 11 is 1.46. The lowest BCUT2D eigenvalue weighted by molar-refractivity contribution is -0.143. The Bertz CT molecular complexity index is 1020. The summed E-state index contributed by atoms with van der Waals surface area (Å²) in [6.45, 7) is 0.171. The molecule has 7 nitrogen and oxygen atoms in total. The minimum Gasteiger partial charge on any atom is -0.383 e. The number of nitrogens with one attached hydrogen (secondary N) is 2. The van der Waals surface area contributed by atoms with Gasteiger partial charge in [0.05, 0.1) is 23.4 Å². The van der Waals surface area contributed by atoms with Gasteiger partial charge in [-0.05, 0) is 18.2 Å². The maximum Gasteiger partial charge on any atom is 0.416 e. The van der Waals surface area contributed by atoms with E-state index in [1.54, 1.807) is 0 Å². The first-order valence-electron chi connectivity index (χ1n) is 9.43. The molecule has 0 unspecified atom stereocenters. The van der Waals surface area contributed by atoms with Crippen molar-refractivity contribution in [2.75, 3.05) is 25.6 Å². The number of benzene rings is 1. The minimum atomic E-state index is -5.09. The summed E-state index contributed by atoms with van der Waals surface area (Å²) in [4.78, 5) is 24.8. The summed E-state index contributed by atoms with van der Waals surface area (Å²) in [5, 5.41) is 9.16. The zero-order valence-corrected chi connectivity index (χ0v) is 17.9. The lowest BCUT2D eigenvalue weighted by Crippen LogP contribution is -2.31. The first kappa shape index (κ1) is 24.9. The number of hydrogen-bond acceptors (Lipinski definition) is 5. The molecule has 0 spiro atoms. The molecule has 2 heterocycles. The van der Waals surface area contributed by atoms with Crippen molar-refractivity contribution in [2.45, 2.75) is 30.4 Å². The maximum atomic E-state index is 13.1. The van der Waals surface area contributed by atoms with Crippen LogP contribution in [0.4, 0.5) is 32.2 Å². The molecule has 1 aliphatic heterocycles. The number of rotatable bonds is 7. The summed E-state index contributed by atoms with van der Waals surface area (Å²) in [5.41, 5.74) is -2.90. The molecule has 33 heavy (non-hydrogen) atoms. The predicted octanol–water partition coefficient (Wildman–Crippen LogP) is 3.68. The fraction of sp³-hybridized carbons (Fsp3) is 0.421. The normalized spacial score (nSPS) is 13.7. The Hall–Kier alpha value is -2.74. The number of halogens is 6. The Kier molecular flexibility index (Phi) is 7.26.